The molecule has 1 aromatic heterocycles. The van der Waals surface area contributed by atoms with Crippen molar-refractivity contribution in [3.63, 3.8) is 0 Å². The fourth-order valence-corrected chi connectivity index (χ4v) is 2.70. The number of aromatic nitrogens is 2. The van der Waals surface area contributed by atoms with Gasteiger partial charge in [-0.05, 0) is 38.1 Å². The maximum absolute atomic E-state index is 5.51. The second kappa shape index (κ2) is 5.83. The van der Waals surface area contributed by atoms with Gasteiger partial charge in [-0.15, -0.1) is 0 Å². The zero-order valence-electron chi connectivity index (χ0n) is 11.8. The average Bonchev–Trinajstić information content (AvgIpc) is 2.95. The van der Waals surface area contributed by atoms with E-state index in [1.165, 1.54) is 6.42 Å². The number of aryl methyl sites for hydroxylation is 1. The number of rotatable bonds is 6. The van der Waals surface area contributed by atoms with Crippen LogP contribution in [0.2, 0.25) is 0 Å². The molecule has 2 heterocycles. The molecular weight excluding hydrogens is 226 g/mol. The largest absolute Gasteiger partial charge is 0.337 e. The van der Waals surface area contributed by atoms with E-state index in [0.717, 1.165) is 50.4 Å². The van der Waals surface area contributed by atoms with Crippen molar-refractivity contribution < 1.29 is 4.52 Å². The van der Waals surface area contributed by atoms with Gasteiger partial charge in [0, 0.05) is 6.42 Å². The van der Waals surface area contributed by atoms with Gasteiger partial charge in [0.1, 0.15) is 0 Å². The monoisotopic (exact) mass is 251 g/mol. The Labute approximate surface area is 110 Å². The Bertz CT molecular complexity index is 367. The van der Waals surface area contributed by atoms with Crippen molar-refractivity contribution in [2.24, 2.45) is 5.92 Å². The maximum atomic E-state index is 5.51. The minimum Gasteiger partial charge on any atom is -0.337 e. The van der Waals surface area contributed by atoms with Crippen molar-refractivity contribution in [1.29, 1.82) is 0 Å². The van der Waals surface area contributed by atoms with Gasteiger partial charge in [0.2, 0.25) is 5.89 Å². The highest BCUT2D eigenvalue weighted by atomic mass is 16.5. The van der Waals surface area contributed by atoms with Crippen LogP contribution in [0.5, 0.6) is 0 Å². The Morgan fingerprint density at radius 1 is 1.44 bits per heavy atom. The van der Waals surface area contributed by atoms with Crippen molar-refractivity contribution in [3.05, 3.63) is 11.7 Å². The summed E-state index contributed by atoms with van der Waals surface area (Å²) in [6.07, 6.45) is 6.57. The van der Waals surface area contributed by atoms with Gasteiger partial charge in [-0.1, -0.05) is 32.3 Å². The van der Waals surface area contributed by atoms with Crippen LogP contribution in [-0.2, 0) is 12.0 Å². The van der Waals surface area contributed by atoms with E-state index in [1.807, 2.05) is 0 Å². The van der Waals surface area contributed by atoms with Gasteiger partial charge in [-0.2, -0.15) is 4.98 Å². The summed E-state index contributed by atoms with van der Waals surface area (Å²) in [5, 5.41) is 7.70. The lowest BCUT2D eigenvalue weighted by atomic mass is 9.92. The molecule has 1 aliphatic rings. The van der Waals surface area contributed by atoms with E-state index in [1.54, 1.807) is 0 Å². The van der Waals surface area contributed by atoms with Crippen molar-refractivity contribution in [2.75, 3.05) is 6.54 Å². The van der Waals surface area contributed by atoms with Crippen molar-refractivity contribution in [3.8, 4) is 0 Å². The molecule has 1 aromatic rings. The topological polar surface area (TPSA) is 51.0 Å². The summed E-state index contributed by atoms with van der Waals surface area (Å²) in [4.78, 5) is 4.61. The molecule has 1 N–H and O–H groups in total. The first-order valence-corrected chi connectivity index (χ1v) is 7.24. The van der Waals surface area contributed by atoms with Crippen LogP contribution in [0.1, 0.15) is 64.6 Å². The summed E-state index contributed by atoms with van der Waals surface area (Å²) >= 11 is 0. The summed E-state index contributed by atoms with van der Waals surface area (Å²) in [5.74, 6) is 2.35. The second-order valence-corrected chi connectivity index (χ2v) is 5.81. The molecule has 0 aliphatic carbocycles. The molecule has 0 saturated carbocycles. The van der Waals surface area contributed by atoms with Crippen molar-refractivity contribution in [2.45, 2.75) is 64.8 Å². The van der Waals surface area contributed by atoms with E-state index in [4.69, 9.17) is 4.52 Å². The van der Waals surface area contributed by atoms with Crippen LogP contribution in [-0.4, -0.2) is 16.7 Å². The summed E-state index contributed by atoms with van der Waals surface area (Å²) in [5.41, 5.74) is -0.0438. The number of nitrogens with zero attached hydrogens (tertiary/aromatic N) is 2. The van der Waals surface area contributed by atoms with Gasteiger partial charge in [-0.3, -0.25) is 0 Å². The Hall–Kier alpha value is -0.900. The Morgan fingerprint density at radius 2 is 2.28 bits per heavy atom. The normalized spacial score (nSPS) is 24.0. The molecule has 1 fully saturated rings. The first-order valence-electron chi connectivity index (χ1n) is 7.24. The van der Waals surface area contributed by atoms with Crippen LogP contribution < -0.4 is 5.32 Å². The van der Waals surface area contributed by atoms with Crippen LogP contribution >= 0.6 is 0 Å². The van der Waals surface area contributed by atoms with Gasteiger partial charge >= 0.3 is 0 Å². The van der Waals surface area contributed by atoms with Gasteiger partial charge in [0.25, 0.3) is 0 Å². The molecule has 1 atom stereocenters. The fourth-order valence-electron chi connectivity index (χ4n) is 2.70. The minimum absolute atomic E-state index is 0.0438. The van der Waals surface area contributed by atoms with Crippen LogP contribution in [0.4, 0.5) is 0 Å². The van der Waals surface area contributed by atoms with E-state index in [2.05, 4.69) is 36.2 Å². The van der Waals surface area contributed by atoms with E-state index in [-0.39, 0.29) is 5.54 Å². The molecule has 4 nitrogen and oxygen atoms in total. The lowest BCUT2D eigenvalue weighted by molar-refractivity contribution is 0.240. The summed E-state index contributed by atoms with van der Waals surface area (Å²) in [7, 11) is 0. The Morgan fingerprint density at radius 3 is 2.89 bits per heavy atom. The van der Waals surface area contributed by atoms with Crippen LogP contribution in [0.3, 0.4) is 0 Å². The molecule has 0 radical (unpaired) electrons. The van der Waals surface area contributed by atoms with E-state index >= 15 is 0 Å². The second-order valence-electron chi connectivity index (χ2n) is 5.81. The molecule has 2 rings (SSSR count). The molecule has 102 valence electrons. The standard InChI is InChI=1S/C14H25N3O/c1-4-8-14(9-5-10-15-14)13-16-12(17-18-13)7-6-11(2)3/h11,15H,4-10H2,1-3H3. The smallest absolute Gasteiger partial charge is 0.246 e. The van der Waals surface area contributed by atoms with Crippen molar-refractivity contribution in [1.82, 2.24) is 15.5 Å². The SMILES string of the molecule is CCCC1(c2nc(CCC(C)C)no2)CCCN1. The quantitative estimate of drug-likeness (QED) is 0.844. The van der Waals surface area contributed by atoms with Crippen molar-refractivity contribution >= 4 is 0 Å². The zero-order chi connectivity index (χ0) is 13.0. The van der Waals surface area contributed by atoms with Gasteiger partial charge < -0.3 is 9.84 Å². The van der Waals surface area contributed by atoms with Gasteiger partial charge in [0.05, 0.1) is 5.54 Å². The molecule has 0 bridgehead atoms. The lowest BCUT2D eigenvalue weighted by Crippen LogP contribution is -2.37. The number of hydrogen-bond acceptors (Lipinski definition) is 4. The third-order valence-electron chi connectivity index (χ3n) is 3.74. The lowest BCUT2D eigenvalue weighted by Gasteiger charge is -2.24. The predicted molar refractivity (Wildman–Crippen MR) is 71.3 cm³/mol. The minimum atomic E-state index is -0.0438. The third kappa shape index (κ3) is 2.91. The highest BCUT2D eigenvalue weighted by Gasteiger charge is 2.39. The molecule has 0 aromatic carbocycles. The van der Waals surface area contributed by atoms with Crippen LogP contribution in [0, 0.1) is 5.92 Å². The molecule has 18 heavy (non-hydrogen) atoms. The third-order valence-corrected chi connectivity index (χ3v) is 3.74. The first kappa shape index (κ1) is 13.5. The zero-order valence-corrected chi connectivity index (χ0v) is 11.8. The van der Waals surface area contributed by atoms with E-state index in [9.17, 15) is 0 Å². The highest BCUT2D eigenvalue weighted by molar-refractivity contribution is 5.06. The summed E-state index contributed by atoms with van der Waals surface area (Å²) < 4.78 is 5.51. The molecule has 0 amide bonds. The fraction of sp³-hybridized carbons (Fsp3) is 0.857. The summed E-state index contributed by atoms with van der Waals surface area (Å²) in [6, 6.07) is 0. The summed E-state index contributed by atoms with van der Waals surface area (Å²) in [6.45, 7) is 7.71. The van der Waals surface area contributed by atoms with Gasteiger partial charge in [-0.25, -0.2) is 0 Å². The number of hydrogen-bond donors (Lipinski definition) is 1. The first-order chi connectivity index (χ1) is 8.66. The molecule has 1 unspecified atom stereocenters. The van der Waals surface area contributed by atoms with Crippen LogP contribution in [0.25, 0.3) is 0 Å². The van der Waals surface area contributed by atoms with Gasteiger partial charge in [0.15, 0.2) is 5.82 Å². The molecular formula is C14H25N3O. The maximum Gasteiger partial charge on any atom is 0.246 e. The molecule has 1 aliphatic heterocycles. The molecule has 1 saturated heterocycles. The van der Waals surface area contributed by atoms with Crippen LogP contribution in [0.15, 0.2) is 4.52 Å². The predicted octanol–water partition coefficient (Wildman–Crippen LogP) is 3.04. The van der Waals surface area contributed by atoms with E-state index < -0.39 is 0 Å². The molecule has 0 spiro atoms. The Balaban J connectivity index is 2.07. The number of nitrogens with one attached hydrogen (secondary N) is 1. The highest BCUT2D eigenvalue weighted by Crippen LogP contribution is 2.34. The average molecular weight is 251 g/mol. The Kier molecular flexibility index (Phi) is 4.38. The van der Waals surface area contributed by atoms with E-state index in [0.29, 0.717) is 5.92 Å². The molecule has 4 heteroatoms.